The molecule has 1 aliphatic heterocycles. The lowest BCUT2D eigenvalue weighted by atomic mass is 10.2. The van der Waals surface area contributed by atoms with Crippen molar-refractivity contribution in [1.29, 1.82) is 0 Å². The second-order valence-corrected chi connectivity index (χ2v) is 7.43. The van der Waals surface area contributed by atoms with Crippen LogP contribution in [0.2, 0.25) is 5.02 Å². The number of benzene rings is 1. The maximum absolute atomic E-state index is 12.2. The fourth-order valence-corrected chi connectivity index (χ4v) is 3.46. The van der Waals surface area contributed by atoms with Gasteiger partial charge in [0, 0.05) is 49.6 Å². The Kier molecular flexibility index (Phi) is 6.82. The molecule has 0 atom stereocenters. The molecular formula is C18H21BrClN5O. The molecule has 1 aliphatic rings. The van der Waals surface area contributed by atoms with Crippen molar-refractivity contribution in [2.75, 3.05) is 44.2 Å². The number of anilines is 1. The summed E-state index contributed by atoms with van der Waals surface area (Å²) in [6.07, 6.45) is 4.45. The molecule has 1 aromatic heterocycles. The highest BCUT2D eigenvalue weighted by atomic mass is 79.9. The fourth-order valence-electron chi connectivity index (χ4n) is 2.90. The number of nitrogens with one attached hydrogen (secondary N) is 1. The zero-order chi connectivity index (χ0) is 18.4. The van der Waals surface area contributed by atoms with Crippen LogP contribution in [0.15, 0.2) is 41.1 Å². The number of nitrogens with zero attached hydrogens (tertiary/aromatic N) is 4. The van der Waals surface area contributed by atoms with Crippen LogP contribution >= 0.6 is 27.5 Å². The smallest absolute Gasteiger partial charge is 0.252 e. The zero-order valence-corrected chi connectivity index (χ0v) is 16.7. The summed E-state index contributed by atoms with van der Waals surface area (Å²) in [6.45, 7) is 5.38. The summed E-state index contributed by atoms with van der Waals surface area (Å²) in [7, 11) is 0. The molecule has 0 aliphatic carbocycles. The molecule has 138 valence electrons. The Hall–Kier alpha value is -1.70. The first kappa shape index (κ1) is 19.1. The van der Waals surface area contributed by atoms with Crippen LogP contribution in [0.5, 0.6) is 0 Å². The summed E-state index contributed by atoms with van der Waals surface area (Å²) in [4.78, 5) is 25.4. The van der Waals surface area contributed by atoms with Crippen LogP contribution in [0, 0.1) is 0 Å². The highest BCUT2D eigenvalue weighted by molar-refractivity contribution is 9.10. The molecule has 1 amide bonds. The van der Waals surface area contributed by atoms with Crippen LogP contribution in [-0.2, 0) is 0 Å². The van der Waals surface area contributed by atoms with Crippen LogP contribution in [0.4, 0.5) is 5.95 Å². The van der Waals surface area contributed by atoms with Gasteiger partial charge in [0.2, 0.25) is 5.95 Å². The molecule has 1 saturated heterocycles. The molecule has 1 aromatic carbocycles. The van der Waals surface area contributed by atoms with E-state index in [2.05, 4.69) is 41.0 Å². The number of carbonyl (C=O) groups excluding carboxylic acids is 1. The predicted octanol–water partition coefficient (Wildman–Crippen LogP) is 2.83. The Bertz CT molecular complexity index is 738. The van der Waals surface area contributed by atoms with E-state index in [0.717, 1.165) is 49.6 Å². The van der Waals surface area contributed by atoms with Gasteiger partial charge in [-0.2, -0.15) is 0 Å². The van der Waals surface area contributed by atoms with Crippen molar-refractivity contribution in [2.45, 2.75) is 6.42 Å². The van der Waals surface area contributed by atoms with E-state index in [1.807, 2.05) is 12.1 Å². The van der Waals surface area contributed by atoms with E-state index >= 15 is 0 Å². The van der Waals surface area contributed by atoms with E-state index < -0.39 is 0 Å². The van der Waals surface area contributed by atoms with Crippen molar-refractivity contribution in [3.63, 3.8) is 0 Å². The monoisotopic (exact) mass is 437 g/mol. The minimum atomic E-state index is -0.137. The molecule has 2 aromatic rings. The molecule has 6 nitrogen and oxygen atoms in total. The van der Waals surface area contributed by atoms with E-state index in [1.165, 1.54) is 0 Å². The molecule has 26 heavy (non-hydrogen) atoms. The third-order valence-corrected chi connectivity index (χ3v) is 5.14. The minimum absolute atomic E-state index is 0.137. The van der Waals surface area contributed by atoms with Crippen LogP contribution in [0.1, 0.15) is 16.8 Å². The minimum Gasteiger partial charge on any atom is -0.352 e. The lowest BCUT2D eigenvalue weighted by Crippen LogP contribution is -2.47. The molecular weight excluding hydrogens is 418 g/mol. The van der Waals surface area contributed by atoms with Crippen LogP contribution < -0.4 is 10.2 Å². The normalized spacial score (nSPS) is 15.1. The fraction of sp³-hybridized carbons (Fsp3) is 0.389. The molecule has 8 heteroatoms. The van der Waals surface area contributed by atoms with E-state index in [4.69, 9.17) is 11.6 Å². The van der Waals surface area contributed by atoms with Gasteiger partial charge in [-0.25, -0.2) is 9.97 Å². The lowest BCUT2D eigenvalue weighted by molar-refractivity contribution is 0.0951. The first-order valence-corrected chi connectivity index (χ1v) is 9.78. The molecule has 0 spiro atoms. The topological polar surface area (TPSA) is 61.4 Å². The number of amides is 1. The van der Waals surface area contributed by atoms with Crippen molar-refractivity contribution in [1.82, 2.24) is 20.2 Å². The van der Waals surface area contributed by atoms with Crippen molar-refractivity contribution in [2.24, 2.45) is 0 Å². The third kappa shape index (κ3) is 5.16. The molecule has 0 radical (unpaired) electrons. The second-order valence-electron chi connectivity index (χ2n) is 6.11. The molecule has 1 N–H and O–H groups in total. The van der Waals surface area contributed by atoms with E-state index in [-0.39, 0.29) is 5.91 Å². The Morgan fingerprint density at radius 1 is 1.19 bits per heavy atom. The standard InChI is InChI=1S/C18H21BrClN5O/c19-14-3-4-16(20)15(13-14)17(26)21-7-2-8-24-9-11-25(12-10-24)18-22-5-1-6-23-18/h1,3-6,13H,2,7-12H2,(H,21,26). The van der Waals surface area contributed by atoms with Crippen LogP contribution in [-0.4, -0.2) is 60.0 Å². The van der Waals surface area contributed by atoms with Crippen molar-refractivity contribution >= 4 is 39.4 Å². The lowest BCUT2D eigenvalue weighted by Gasteiger charge is -2.34. The Labute approximate surface area is 166 Å². The number of halogens is 2. The maximum Gasteiger partial charge on any atom is 0.252 e. The third-order valence-electron chi connectivity index (χ3n) is 4.32. The highest BCUT2D eigenvalue weighted by Crippen LogP contribution is 2.20. The quantitative estimate of drug-likeness (QED) is 0.703. The number of carbonyl (C=O) groups is 1. The summed E-state index contributed by atoms with van der Waals surface area (Å²) in [6, 6.07) is 7.10. The Morgan fingerprint density at radius 3 is 2.65 bits per heavy atom. The average Bonchev–Trinajstić information content (AvgIpc) is 2.68. The first-order chi connectivity index (χ1) is 12.6. The Morgan fingerprint density at radius 2 is 1.92 bits per heavy atom. The number of rotatable bonds is 6. The van der Waals surface area contributed by atoms with Gasteiger partial charge in [-0.3, -0.25) is 9.69 Å². The van der Waals surface area contributed by atoms with Crippen LogP contribution in [0.3, 0.4) is 0 Å². The van der Waals surface area contributed by atoms with Gasteiger partial charge in [0.15, 0.2) is 0 Å². The second kappa shape index (κ2) is 9.30. The number of piperazine rings is 1. The van der Waals surface area contributed by atoms with Gasteiger partial charge in [0.1, 0.15) is 0 Å². The van der Waals surface area contributed by atoms with Gasteiger partial charge >= 0.3 is 0 Å². The van der Waals surface area contributed by atoms with E-state index in [9.17, 15) is 4.79 Å². The number of hydrogen-bond acceptors (Lipinski definition) is 5. The van der Waals surface area contributed by atoms with E-state index in [0.29, 0.717) is 17.1 Å². The maximum atomic E-state index is 12.2. The molecule has 0 saturated carbocycles. The average molecular weight is 439 g/mol. The molecule has 2 heterocycles. The van der Waals surface area contributed by atoms with Gasteiger partial charge in [0.25, 0.3) is 5.91 Å². The summed E-state index contributed by atoms with van der Waals surface area (Å²) in [5.41, 5.74) is 0.498. The van der Waals surface area contributed by atoms with Gasteiger partial charge in [-0.05, 0) is 37.2 Å². The van der Waals surface area contributed by atoms with Crippen molar-refractivity contribution in [3.05, 3.63) is 51.7 Å². The molecule has 0 unspecified atom stereocenters. The van der Waals surface area contributed by atoms with Crippen molar-refractivity contribution < 1.29 is 4.79 Å². The predicted molar refractivity (Wildman–Crippen MR) is 107 cm³/mol. The number of aromatic nitrogens is 2. The molecule has 3 rings (SSSR count). The zero-order valence-electron chi connectivity index (χ0n) is 14.4. The van der Waals surface area contributed by atoms with Gasteiger partial charge in [0.05, 0.1) is 10.6 Å². The molecule has 1 fully saturated rings. The van der Waals surface area contributed by atoms with Gasteiger partial charge in [-0.1, -0.05) is 27.5 Å². The van der Waals surface area contributed by atoms with E-state index in [1.54, 1.807) is 24.5 Å². The molecule has 0 bridgehead atoms. The summed E-state index contributed by atoms with van der Waals surface area (Å²) in [5.74, 6) is 0.660. The number of hydrogen-bond donors (Lipinski definition) is 1. The Balaban J connectivity index is 1.37. The van der Waals surface area contributed by atoms with Crippen molar-refractivity contribution in [3.8, 4) is 0 Å². The first-order valence-electron chi connectivity index (χ1n) is 8.61. The van der Waals surface area contributed by atoms with Gasteiger partial charge < -0.3 is 10.2 Å². The highest BCUT2D eigenvalue weighted by Gasteiger charge is 2.18. The summed E-state index contributed by atoms with van der Waals surface area (Å²) >= 11 is 9.45. The SMILES string of the molecule is O=C(NCCCN1CCN(c2ncccn2)CC1)c1cc(Br)ccc1Cl. The van der Waals surface area contributed by atoms with Gasteiger partial charge in [-0.15, -0.1) is 0 Å². The summed E-state index contributed by atoms with van der Waals surface area (Å²) < 4.78 is 0.840. The van der Waals surface area contributed by atoms with Crippen LogP contribution in [0.25, 0.3) is 0 Å². The largest absolute Gasteiger partial charge is 0.352 e. The summed E-state index contributed by atoms with van der Waals surface area (Å²) in [5, 5.41) is 3.40.